The largest absolute Gasteiger partial charge is 0.497 e. The number of rotatable bonds is 3. The number of hydrogen-bond acceptors (Lipinski definition) is 4. The van der Waals surface area contributed by atoms with Crippen LogP contribution < -0.4 is 10.5 Å². The number of nitrogen functional groups attached to an aromatic ring is 1. The minimum atomic E-state index is 0.608. The van der Waals surface area contributed by atoms with Gasteiger partial charge in [0.15, 0.2) is 0 Å². The topological polar surface area (TPSA) is 59.0 Å². The zero-order chi connectivity index (χ0) is 13.0. The van der Waals surface area contributed by atoms with Crippen LogP contribution in [0.5, 0.6) is 5.75 Å². The standard InChI is InChI=1S/C14H12N2OS/c1-17-12-4-7-14(10(8-12)9-15)18-13-5-2-11(16)3-6-13/h2-8H,16H2,1H3. The first-order valence-corrected chi connectivity index (χ1v) is 6.16. The van der Waals surface area contributed by atoms with Crippen molar-refractivity contribution in [3.8, 4) is 11.8 Å². The van der Waals surface area contributed by atoms with Crippen LogP contribution >= 0.6 is 11.8 Å². The summed E-state index contributed by atoms with van der Waals surface area (Å²) in [5, 5.41) is 9.12. The number of ether oxygens (including phenoxy) is 1. The number of hydrogen-bond donors (Lipinski definition) is 1. The van der Waals surface area contributed by atoms with Gasteiger partial charge in [0.1, 0.15) is 11.8 Å². The minimum Gasteiger partial charge on any atom is -0.497 e. The van der Waals surface area contributed by atoms with Crippen LogP contribution in [0.25, 0.3) is 0 Å². The smallest absolute Gasteiger partial charge is 0.120 e. The molecule has 0 radical (unpaired) electrons. The number of nitriles is 1. The van der Waals surface area contributed by atoms with Crippen molar-refractivity contribution in [2.75, 3.05) is 12.8 Å². The highest BCUT2D eigenvalue weighted by molar-refractivity contribution is 7.99. The molecular formula is C14H12N2OS. The predicted molar refractivity (Wildman–Crippen MR) is 72.7 cm³/mol. The van der Waals surface area contributed by atoms with Gasteiger partial charge in [-0.05, 0) is 42.5 Å². The molecule has 0 bridgehead atoms. The lowest BCUT2D eigenvalue weighted by Gasteiger charge is -2.06. The third-order valence-electron chi connectivity index (χ3n) is 2.42. The summed E-state index contributed by atoms with van der Waals surface area (Å²) in [7, 11) is 1.59. The normalized spacial score (nSPS) is 9.78. The first-order valence-electron chi connectivity index (χ1n) is 5.34. The van der Waals surface area contributed by atoms with E-state index in [4.69, 9.17) is 15.7 Å². The Bertz CT molecular complexity index is 588. The number of nitrogens with zero attached hydrogens (tertiary/aromatic N) is 1. The summed E-state index contributed by atoms with van der Waals surface area (Å²) in [6.45, 7) is 0. The summed E-state index contributed by atoms with van der Waals surface area (Å²) >= 11 is 1.53. The lowest BCUT2D eigenvalue weighted by atomic mass is 10.2. The molecule has 0 fully saturated rings. The molecule has 0 unspecified atom stereocenters. The lowest BCUT2D eigenvalue weighted by molar-refractivity contribution is 0.414. The lowest BCUT2D eigenvalue weighted by Crippen LogP contribution is -1.87. The van der Waals surface area contributed by atoms with Crippen molar-refractivity contribution in [1.82, 2.24) is 0 Å². The maximum Gasteiger partial charge on any atom is 0.120 e. The van der Waals surface area contributed by atoms with Gasteiger partial charge in [0, 0.05) is 15.5 Å². The van der Waals surface area contributed by atoms with E-state index < -0.39 is 0 Å². The summed E-state index contributed by atoms with van der Waals surface area (Å²) in [6.07, 6.45) is 0. The maximum absolute atomic E-state index is 9.12. The van der Waals surface area contributed by atoms with Crippen molar-refractivity contribution >= 4 is 17.4 Å². The number of benzene rings is 2. The number of anilines is 1. The third kappa shape index (κ3) is 2.76. The fourth-order valence-corrected chi connectivity index (χ4v) is 2.35. The Balaban J connectivity index is 2.29. The van der Waals surface area contributed by atoms with Gasteiger partial charge in [-0.3, -0.25) is 0 Å². The third-order valence-corrected chi connectivity index (χ3v) is 3.50. The SMILES string of the molecule is COc1ccc(Sc2ccc(N)cc2)c(C#N)c1. The fourth-order valence-electron chi connectivity index (χ4n) is 1.48. The summed E-state index contributed by atoms with van der Waals surface area (Å²) in [4.78, 5) is 1.95. The van der Waals surface area contributed by atoms with E-state index in [0.29, 0.717) is 11.3 Å². The Morgan fingerprint density at radius 2 is 1.89 bits per heavy atom. The van der Waals surface area contributed by atoms with Gasteiger partial charge >= 0.3 is 0 Å². The van der Waals surface area contributed by atoms with E-state index in [2.05, 4.69) is 6.07 Å². The summed E-state index contributed by atoms with van der Waals surface area (Å²) in [5.41, 5.74) is 6.97. The monoisotopic (exact) mass is 256 g/mol. The molecule has 0 aliphatic rings. The molecule has 0 amide bonds. The van der Waals surface area contributed by atoms with Gasteiger partial charge in [-0.1, -0.05) is 11.8 Å². The van der Waals surface area contributed by atoms with Crippen molar-refractivity contribution in [3.05, 3.63) is 48.0 Å². The Labute approximate surface area is 110 Å². The van der Waals surface area contributed by atoms with E-state index in [0.717, 1.165) is 15.5 Å². The van der Waals surface area contributed by atoms with Gasteiger partial charge in [0.25, 0.3) is 0 Å². The second-order valence-electron chi connectivity index (χ2n) is 3.64. The van der Waals surface area contributed by atoms with Gasteiger partial charge in [0.05, 0.1) is 12.7 Å². The van der Waals surface area contributed by atoms with Crippen molar-refractivity contribution < 1.29 is 4.74 Å². The van der Waals surface area contributed by atoms with E-state index in [1.165, 1.54) is 11.8 Å². The Morgan fingerprint density at radius 1 is 1.17 bits per heavy atom. The van der Waals surface area contributed by atoms with Crippen LogP contribution in [0, 0.1) is 11.3 Å². The molecule has 0 aliphatic carbocycles. The number of methoxy groups -OCH3 is 1. The van der Waals surface area contributed by atoms with Crippen molar-refractivity contribution in [2.24, 2.45) is 0 Å². The molecule has 0 heterocycles. The highest BCUT2D eigenvalue weighted by Gasteiger charge is 2.05. The first kappa shape index (κ1) is 12.3. The highest BCUT2D eigenvalue weighted by atomic mass is 32.2. The minimum absolute atomic E-state index is 0.608. The Morgan fingerprint density at radius 3 is 2.50 bits per heavy atom. The maximum atomic E-state index is 9.12. The van der Waals surface area contributed by atoms with Crippen molar-refractivity contribution in [2.45, 2.75) is 9.79 Å². The molecule has 4 heteroatoms. The molecule has 3 nitrogen and oxygen atoms in total. The van der Waals surface area contributed by atoms with Gasteiger partial charge in [0.2, 0.25) is 0 Å². The number of nitrogens with two attached hydrogens (primary N) is 1. The summed E-state index contributed by atoms with van der Waals surface area (Å²) in [6, 6.07) is 15.2. The summed E-state index contributed by atoms with van der Waals surface area (Å²) < 4.78 is 5.10. The molecule has 0 saturated carbocycles. The zero-order valence-electron chi connectivity index (χ0n) is 9.88. The molecule has 0 spiro atoms. The zero-order valence-corrected chi connectivity index (χ0v) is 10.7. The molecule has 2 rings (SSSR count). The molecule has 2 aromatic carbocycles. The average molecular weight is 256 g/mol. The second-order valence-corrected chi connectivity index (χ2v) is 4.76. The van der Waals surface area contributed by atoms with Crippen molar-refractivity contribution in [3.63, 3.8) is 0 Å². The highest BCUT2D eigenvalue weighted by Crippen LogP contribution is 2.32. The van der Waals surface area contributed by atoms with Crippen LogP contribution in [-0.4, -0.2) is 7.11 Å². The van der Waals surface area contributed by atoms with Crippen LogP contribution in [0.2, 0.25) is 0 Å². The molecule has 2 N–H and O–H groups in total. The van der Waals surface area contributed by atoms with Gasteiger partial charge in [-0.15, -0.1) is 0 Å². The van der Waals surface area contributed by atoms with E-state index >= 15 is 0 Å². The Hall–Kier alpha value is -2.12. The van der Waals surface area contributed by atoms with Crippen LogP contribution in [0.15, 0.2) is 52.3 Å². The van der Waals surface area contributed by atoms with Crippen molar-refractivity contribution in [1.29, 1.82) is 5.26 Å². The summed E-state index contributed by atoms with van der Waals surface area (Å²) in [5.74, 6) is 0.688. The predicted octanol–water partition coefficient (Wildman–Crippen LogP) is 3.30. The van der Waals surface area contributed by atoms with E-state index in [9.17, 15) is 0 Å². The quantitative estimate of drug-likeness (QED) is 0.856. The van der Waals surface area contributed by atoms with E-state index in [1.54, 1.807) is 13.2 Å². The molecule has 0 aromatic heterocycles. The average Bonchev–Trinajstić information content (AvgIpc) is 2.41. The van der Waals surface area contributed by atoms with Gasteiger partial charge in [-0.25, -0.2) is 0 Å². The van der Waals surface area contributed by atoms with Gasteiger partial charge < -0.3 is 10.5 Å². The van der Waals surface area contributed by atoms with Crippen LogP contribution in [0.1, 0.15) is 5.56 Å². The molecule has 2 aromatic rings. The van der Waals surface area contributed by atoms with Crippen LogP contribution in [-0.2, 0) is 0 Å². The molecule has 0 saturated heterocycles. The first-order chi connectivity index (χ1) is 8.72. The van der Waals surface area contributed by atoms with Crippen LogP contribution in [0.4, 0.5) is 5.69 Å². The Kier molecular flexibility index (Phi) is 3.75. The second kappa shape index (κ2) is 5.48. The van der Waals surface area contributed by atoms with E-state index in [1.807, 2.05) is 36.4 Å². The molecule has 0 atom stereocenters. The van der Waals surface area contributed by atoms with Gasteiger partial charge in [-0.2, -0.15) is 5.26 Å². The van der Waals surface area contributed by atoms with Crippen LogP contribution in [0.3, 0.4) is 0 Å². The molecule has 0 aliphatic heterocycles. The fraction of sp³-hybridized carbons (Fsp3) is 0.0714. The molecule has 90 valence electrons. The van der Waals surface area contributed by atoms with E-state index in [-0.39, 0.29) is 0 Å². The molecule has 18 heavy (non-hydrogen) atoms. The molecular weight excluding hydrogens is 244 g/mol.